The van der Waals surface area contributed by atoms with Crippen LogP contribution in [0.15, 0.2) is 0 Å². The van der Waals surface area contributed by atoms with Gasteiger partial charge >= 0.3 is 0 Å². The fourth-order valence-electron chi connectivity index (χ4n) is 2.21. The number of hydrogen-bond acceptors (Lipinski definition) is 3. The lowest BCUT2D eigenvalue weighted by atomic mass is 10.1. The van der Waals surface area contributed by atoms with E-state index in [1.54, 1.807) is 0 Å². The summed E-state index contributed by atoms with van der Waals surface area (Å²) >= 11 is 0. The average molecular weight is 241 g/mol. The fraction of sp³-hybridized carbons (Fsp3) is 0.923. The van der Waals surface area contributed by atoms with Gasteiger partial charge in [0.15, 0.2) is 0 Å². The molecule has 0 aliphatic carbocycles. The van der Waals surface area contributed by atoms with E-state index in [-0.39, 0.29) is 5.91 Å². The Kier molecular flexibility index (Phi) is 6.52. The molecule has 1 saturated heterocycles. The average Bonchev–Trinajstić information content (AvgIpc) is 2.31. The Morgan fingerprint density at radius 2 is 2.00 bits per heavy atom. The van der Waals surface area contributed by atoms with Gasteiger partial charge in [0, 0.05) is 25.2 Å². The minimum atomic E-state index is 0.168. The maximum Gasteiger partial charge on any atom is 0.234 e. The summed E-state index contributed by atoms with van der Waals surface area (Å²) in [4.78, 5) is 14.0. The number of nitrogens with zero attached hydrogens (tertiary/aromatic N) is 1. The highest BCUT2D eigenvalue weighted by Gasteiger charge is 2.20. The SMILES string of the molecule is CCNC1CCN(CC(=O)NC(C)CC)CC1. The van der Waals surface area contributed by atoms with Crippen molar-refractivity contribution in [3.63, 3.8) is 0 Å². The molecule has 4 heteroatoms. The van der Waals surface area contributed by atoms with Crippen LogP contribution in [0.3, 0.4) is 0 Å². The second-order valence-electron chi connectivity index (χ2n) is 4.98. The Labute approximate surface area is 105 Å². The van der Waals surface area contributed by atoms with Crippen molar-refractivity contribution >= 4 is 5.91 Å². The van der Waals surface area contributed by atoms with Gasteiger partial charge in [0.1, 0.15) is 0 Å². The number of likely N-dealkylation sites (tertiary alicyclic amines) is 1. The zero-order chi connectivity index (χ0) is 12.7. The van der Waals surface area contributed by atoms with Gasteiger partial charge in [0.2, 0.25) is 5.91 Å². The van der Waals surface area contributed by atoms with Crippen LogP contribution in [0.4, 0.5) is 0 Å². The molecule has 4 nitrogen and oxygen atoms in total. The van der Waals surface area contributed by atoms with Crippen molar-refractivity contribution in [3.05, 3.63) is 0 Å². The van der Waals surface area contributed by atoms with Gasteiger partial charge in [-0.2, -0.15) is 0 Å². The topological polar surface area (TPSA) is 44.4 Å². The van der Waals surface area contributed by atoms with E-state index in [9.17, 15) is 4.79 Å². The Morgan fingerprint density at radius 3 is 2.53 bits per heavy atom. The highest BCUT2D eigenvalue weighted by molar-refractivity contribution is 5.78. The smallest absolute Gasteiger partial charge is 0.234 e. The normalized spacial score (nSPS) is 20.2. The predicted molar refractivity (Wildman–Crippen MR) is 71.0 cm³/mol. The van der Waals surface area contributed by atoms with Crippen molar-refractivity contribution in [1.29, 1.82) is 0 Å². The van der Waals surface area contributed by atoms with Gasteiger partial charge in [-0.25, -0.2) is 0 Å². The summed E-state index contributed by atoms with van der Waals surface area (Å²) in [6.45, 7) is 9.95. The summed E-state index contributed by atoms with van der Waals surface area (Å²) in [6, 6.07) is 0.940. The third kappa shape index (κ3) is 5.50. The van der Waals surface area contributed by atoms with Crippen LogP contribution in [0.1, 0.15) is 40.0 Å². The molecule has 0 aromatic rings. The lowest BCUT2D eigenvalue weighted by molar-refractivity contribution is -0.123. The number of carbonyl (C=O) groups excluding carboxylic acids is 1. The zero-order valence-corrected chi connectivity index (χ0v) is 11.5. The Bertz CT molecular complexity index is 225. The van der Waals surface area contributed by atoms with Crippen molar-refractivity contribution in [2.24, 2.45) is 0 Å². The van der Waals surface area contributed by atoms with Gasteiger partial charge in [-0.1, -0.05) is 13.8 Å². The third-order valence-electron chi connectivity index (χ3n) is 3.47. The van der Waals surface area contributed by atoms with Crippen LogP contribution >= 0.6 is 0 Å². The van der Waals surface area contributed by atoms with Gasteiger partial charge < -0.3 is 10.6 Å². The van der Waals surface area contributed by atoms with E-state index in [4.69, 9.17) is 0 Å². The Hall–Kier alpha value is -0.610. The van der Waals surface area contributed by atoms with Gasteiger partial charge in [-0.3, -0.25) is 9.69 Å². The maximum absolute atomic E-state index is 11.7. The number of carbonyl (C=O) groups is 1. The summed E-state index contributed by atoms with van der Waals surface area (Å²) in [7, 11) is 0. The molecule has 0 saturated carbocycles. The summed E-state index contributed by atoms with van der Waals surface area (Å²) in [5.74, 6) is 0.168. The van der Waals surface area contributed by atoms with Crippen LogP contribution in [0.25, 0.3) is 0 Å². The molecular formula is C13H27N3O. The van der Waals surface area contributed by atoms with Gasteiger partial charge in [0.05, 0.1) is 6.54 Å². The first-order chi connectivity index (χ1) is 8.15. The van der Waals surface area contributed by atoms with E-state index in [1.165, 1.54) is 0 Å². The van der Waals surface area contributed by atoms with Crippen LogP contribution in [-0.4, -0.2) is 49.1 Å². The predicted octanol–water partition coefficient (Wildman–Crippen LogP) is 0.975. The Balaban J connectivity index is 2.19. The summed E-state index contributed by atoms with van der Waals surface area (Å²) in [5.41, 5.74) is 0. The molecule has 1 amide bonds. The summed E-state index contributed by atoms with van der Waals surface area (Å²) in [5, 5.41) is 6.49. The van der Waals surface area contributed by atoms with Crippen molar-refractivity contribution in [3.8, 4) is 0 Å². The maximum atomic E-state index is 11.7. The molecule has 1 heterocycles. The molecule has 0 spiro atoms. The largest absolute Gasteiger partial charge is 0.353 e. The van der Waals surface area contributed by atoms with Crippen LogP contribution in [0, 0.1) is 0 Å². The van der Waals surface area contributed by atoms with Crippen molar-refractivity contribution in [2.75, 3.05) is 26.2 Å². The minimum absolute atomic E-state index is 0.168. The van der Waals surface area contributed by atoms with Crippen LogP contribution in [0.2, 0.25) is 0 Å². The quantitative estimate of drug-likeness (QED) is 0.728. The van der Waals surface area contributed by atoms with Crippen molar-refractivity contribution < 1.29 is 4.79 Å². The van der Waals surface area contributed by atoms with Crippen molar-refractivity contribution in [2.45, 2.75) is 52.1 Å². The molecule has 0 radical (unpaired) electrons. The number of amides is 1. The Morgan fingerprint density at radius 1 is 1.35 bits per heavy atom. The molecule has 0 aromatic carbocycles. The number of piperidine rings is 1. The lowest BCUT2D eigenvalue weighted by Gasteiger charge is -2.32. The molecule has 1 aliphatic heterocycles. The van der Waals surface area contributed by atoms with E-state index < -0.39 is 0 Å². The second kappa shape index (κ2) is 7.67. The molecule has 0 aromatic heterocycles. The molecule has 1 aliphatic rings. The zero-order valence-electron chi connectivity index (χ0n) is 11.5. The highest BCUT2D eigenvalue weighted by atomic mass is 16.2. The van der Waals surface area contributed by atoms with E-state index in [1.807, 2.05) is 0 Å². The highest BCUT2D eigenvalue weighted by Crippen LogP contribution is 2.09. The molecule has 1 unspecified atom stereocenters. The summed E-state index contributed by atoms with van der Waals surface area (Å²) < 4.78 is 0. The standard InChI is InChI=1S/C13H27N3O/c1-4-11(3)15-13(17)10-16-8-6-12(7-9-16)14-5-2/h11-12,14H,4-10H2,1-3H3,(H,15,17). The minimum Gasteiger partial charge on any atom is -0.353 e. The first-order valence-electron chi connectivity index (χ1n) is 6.90. The monoisotopic (exact) mass is 241 g/mol. The molecule has 2 N–H and O–H groups in total. The molecule has 1 fully saturated rings. The van der Waals surface area contributed by atoms with Gasteiger partial charge in [-0.05, 0) is 32.7 Å². The van der Waals surface area contributed by atoms with Gasteiger partial charge in [0.25, 0.3) is 0 Å². The molecule has 0 bridgehead atoms. The molecule has 1 rings (SSSR count). The first kappa shape index (κ1) is 14.5. The molecular weight excluding hydrogens is 214 g/mol. The van der Waals surface area contributed by atoms with E-state index >= 15 is 0 Å². The first-order valence-corrected chi connectivity index (χ1v) is 6.90. The third-order valence-corrected chi connectivity index (χ3v) is 3.47. The number of rotatable bonds is 6. The van der Waals surface area contributed by atoms with E-state index in [0.717, 1.165) is 38.9 Å². The molecule has 100 valence electrons. The lowest BCUT2D eigenvalue weighted by Crippen LogP contribution is -2.47. The van der Waals surface area contributed by atoms with Crippen LogP contribution in [-0.2, 0) is 4.79 Å². The van der Waals surface area contributed by atoms with Crippen LogP contribution < -0.4 is 10.6 Å². The van der Waals surface area contributed by atoms with Crippen molar-refractivity contribution in [1.82, 2.24) is 15.5 Å². The van der Waals surface area contributed by atoms with E-state index in [0.29, 0.717) is 18.6 Å². The number of nitrogens with one attached hydrogen (secondary N) is 2. The van der Waals surface area contributed by atoms with Crippen LogP contribution in [0.5, 0.6) is 0 Å². The van der Waals surface area contributed by atoms with Gasteiger partial charge in [-0.15, -0.1) is 0 Å². The van der Waals surface area contributed by atoms with E-state index in [2.05, 4.69) is 36.3 Å². The summed E-state index contributed by atoms with van der Waals surface area (Å²) in [6.07, 6.45) is 3.31. The molecule has 17 heavy (non-hydrogen) atoms. The second-order valence-corrected chi connectivity index (χ2v) is 4.98. The molecule has 1 atom stereocenters. The fourth-order valence-corrected chi connectivity index (χ4v) is 2.21. The number of hydrogen-bond donors (Lipinski definition) is 2.